The molecule has 0 aliphatic rings. The number of oxazole rings is 1. The first-order valence-corrected chi connectivity index (χ1v) is 7.25. The molecule has 0 atom stereocenters. The van der Waals surface area contributed by atoms with Crippen molar-refractivity contribution >= 4 is 17.3 Å². The van der Waals surface area contributed by atoms with Crippen LogP contribution >= 0.6 is 11.3 Å². The average molecular weight is 295 g/mol. The van der Waals surface area contributed by atoms with Crippen LogP contribution in [0.5, 0.6) is 5.75 Å². The van der Waals surface area contributed by atoms with Gasteiger partial charge in [0.2, 0.25) is 11.7 Å². The molecule has 2 aromatic rings. The minimum atomic E-state index is -0.474. The molecule has 2 aromatic heterocycles. The molecular weight excluding hydrogens is 278 g/mol. The van der Waals surface area contributed by atoms with Gasteiger partial charge in [0, 0.05) is 11.4 Å². The predicted octanol–water partition coefficient (Wildman–Crippen LogP) is 3.71. The summed E-state index contributed by atoms with van der Waals surface area (Å²) in [6, 6.07) is 1.83. The monoisotopic (exact) mass is 295 g/mol. The third-order valence-electron chi connectivity index (χ3n) is 2.68. The fraction of sp³-hybridized carbons (Fsp3) is 0.429. The SMILES string of the molecule is CCOC(=O)c1oc(-c2cc(OC)cs2)nc1C(C)C. The lowest BCUT2D eigenvalue weighted by molar-refractivity contribution is 0.0489. The van der Waals surface area contributed by atoms with Crippen molar-refractivity contribution in [2.45, 2.75) is 26.7 Å². The zero-order chi connectivity index (χ0) is 14.7. The molecular formula is C14H17NO4S. The van der Waals surface area contributed by atoms with E-state index in [0.29, 0.717) is 18.2 Å². The first-order valence-electron chi connectivity index (χ1n) is 6.37. The molecule has 0 amide bonds. The molecule has 0 saturated carbocycles. The highest BCUT2D eigenvalue weighted by Crippen LogP contribution is 2.33. The number of ether oxygens (including phenoxy) is 2. The van der Waals surface area contributed by atoms with Gasteiger partial charge in [-0.15, -0.1) is 11.3 Å². The van der Waals surface area contributed by atoms with E-state index in [1.165, 1.54) is 11.3 Å². The molecule has 0 fully saturated rings. The Morgan fingerprint density at radius 3 is 2.80 bits per heavy atom. The topological polar surface area (TPSA) is 61.6 Å². The highest BCUT2D eigenvalue weighted by Gasteiger charge is 2.24. The third kappa shape index (κ3) is 2.85. The predicted molar refractivity (Wildman–Crippen MR) is 76.4 cm³/mol. The molecule has 0 aliphatic heterocycles. The smallest absolute Gasteiger partial charge is 0.376 e. The van der Waals surface area contributed by atoms with Crippen LogP contribution in [0.15, 0.2) is 15.9 Å². The van der Waals surface area contributed by atoms with E-state index in [0.717, 1.165) is 10.6 Å². The Hall–Kier alpha value is -1.82. The Balaban J connectivity index is 2.40. The Kier molecular flexibility index (Phi) is 4.44. The lowest BCUT2D eigenvalue weighted by Gasteiger charge is -2.02. The summed E-state index contributed by atoms with van der Waals surface area (Å²) in [5.41, 5.74) is 0.616. The maximum absolute atomic E-state index is 11.9. The van der Waals surface area contributed by atoms with E-state index in [1.54, 1.807) is 14.0 Å². The molecule has 0 bridgehead atoms. The van der Waals surface area contributed by atoms with Crippen LogP contribution in [0.4, 0.5) is 0 Å². The van der Waals surface area contributed by atoms with Gasteiger partial charge >= 0.3 is 5.97 Å². The lowest BCUT2D eigenvalue weighted by Crippen LogP contribution is -2.07. The number of thiophene rings is 1. The molecule has 0 N–H and O–H groups in total. The van der Waals surface area contributed by atoms with Gasteiger partial charge in [0.05, 0.1) is 24.3 Å². The maximum atomic E-state index is 11.9. The molecule has 0 radical (unpaired) electrons. The third-order valence-corrected chi connectivity index (χ3v) is 3.58. The molecule has 20 heavy (non-hydrogen) atoms. The van der Waals surface area contributed by atoms with Gasteiger partial charge in [-0.25, -0.2) is 9.78 Å². The van der Waals surface area contributed by atoms with Crippen LogP contribution in [-0.4, -0.2) is 24.7 Å². The number of methoxy groups -OCH3 is 1. The van der Waals surface area contributed by atoms with Crippen molar-refractivity contribution in [1.82, 2.24) is 4.98 Å². The van der Waals surface area contributed by atoms with Gasteiger partial charge in [-0.2, -0.15) is 0 Å². The van der Waals surface area contributed by atoms with Crippen molar-refractivity contribution in [3.8, 4) is 16.5 Å². The molecule has 0 aromatic carbocycles. The fourth-order valence-corrected chi connectivity index (χ4v) is 2.49. The largest absolute Gasteiger partial charge is 0.496 e. The van der Waals surface area contributed by atoms with E-state index in [9.17, 15) is 4.79 Å². The van der Waals surface area contributed by atoms with Crippen LogP contribution < -0.4 is 4.74 Å². The van der Waals surface area contributed by atoms with Crippen molar-refractivity contribution in [3.05, 3.63) is 22.9 Å². The number of rotatable bonds is 5. The summed E-state index contributed by atoms with van der Waals surface area (Å²) >= 11 is 1.45. The molecule has 0 saturated heterocycles. The van der Waals surface area contributed by atoms with Crippen LogP contribution in [0.1, 0.15) is 42.9 Å². The first-order chi connectivity index (χ1) is 9.56. The zero-order valence-electron chi connectivity index (χ0n) is 11.9. The normalized spacial score (nSPS) is 10.8. The van der Waals surface area contributed by atoms with Gasteiger partial charge in [-0.05, 0) is 12.8 Å². The summed E-state index contributed by atoms with van der Waals surface area (Å²) in [7, 11) is 1.60. The first kappa shape index (κ1) is 14.6. The summed E-state index contributed by atoms with van der Waals surface area (Å²) in [5.74, 6) is 0.952. The fourth-order valence-electron chi connectivity index (χ4n) is 1.71. The summed E-state index contributed by atoms with van der Waals surface area (Å²) in [6.07, 6.45) is 0. The van der Waals surface area contributed by atoms with Crippen molar-refractivity contribution in [3.63, 3.8) is 0 Å². The number of esters is 1. The molecule has 6 heteroatoms. The number of carbonyl (C=O) groups is 1. The number of hydrogen-bond donors (Lipinski definition) is 0. The molecule has 0 aliphatic carbocycles. The maximum Gasteiger partial charge on any atom is 0.376 e. The minimum Gasteiger partial charge on any atom is -0.496 e. The van der Waals surface area contributed by atoms with E-state index < -0.39 is 5.97 Å². The number of nitrogens with zero attached hydrogens (tertiary/aromatic N) is 1. The van der Waals surface area contributed by atoms with Crippen molar-refractivity contribution < 1.29 is 18.7 Å². The van der Waals surface area contributed by atoms with Crippen LogP contribution in [0.2, 0.25) is 0 Å². The van der Waals surface area contributed by atoms with Crippen LogP contribution in [0, 0.1) is 0 Å². The second-order valence-electron chi connectivity index (χ2n) is 4.46. The van der Waals surface area contributed by atoms with Crippen LogP contribution in [0.3, 0.4) is 0 Å². The van der Waals surface area contributed by atoms with E-state index in [2.05, 4.69) is 4.98 Å². The quantitative estimate of drug-likeness (QED) is 0.787. The van der Waals surface area contributed by atoms with E-state index in [-0.39, 0.29) is 11.7 Å². The number of aromatic nitrogens is 1. The van der Waals surface area contributed by atoms with Gasteiger partial charge in [-0.1, -0.05) is 13.8 Å². The van der Waals surface area contributed by atoms with Gasteiger partial charge in [0.1, 0.15) is 5.75 Å². The van der Waals surface area contributed by atoms with Crippen molar-refractivity contribution in [2.75, 3.05) is 13.7 Å². The van der Waals surface area contributed by atoms with Crippen LogP contribution in [-0.2, 0) is 4.74 Å². The average Bonchev–Trinajstić information content (AvgIpc) is 3.05. The van der Waals surface area contributed by atoms with Gasteiger partial charge in [0.15, 0.2) is 0 Å². The number of carbonyl (C=O) groups excluding carboxylic acids is 1. The molecule has 0 unspecified atom stereocenters. The van der Waals surface area contributed by atoms with Crippen molar-refractivity contribution in [1.29, 1.82) is 0 Å². The van der Waals surface area contributed by atoms with Gasteiger partial charge in [0.25, 0.3) is 0 Å². The van der Waals surface area contributed by atoms with Gasteiger partial charge < -0.3 is 13.9 Å². The van der Waals surface area contributed by atoms with E-state index >= 15 is 0 Å². The van der Waals surface area contributed by atoms with E-state index in [4.69, 9.17) is 13.9 Å². The standard InChI is InChI=1S/C14H17NO4S/c1-5-18-14(16)12-11(8(2)3)15-13(19-12)10-6-9(17-4)7-20-10/h6-8H,5H2,1-4H3. The Morgan fingerprint density at radius 1 is 1.50 bits per heavy atom. The summed E-state index contributed by atoms with van der Waals surface area (Å²) < 4.78 is 15.7. The second-order valence-corrected chi connectivity index (χ2v) is 5.37. The highest BCUT2D eigenvalue weighted by atomic mass is 32.1. The Labute approximate surface area is 121 Å². The highest BCUT2D eigenvalue weighted by molar-refractivity contribution is 7.13. The second kappa shape index (κ2) is 6.09. The molecule has 2 rings (SSSR count). The van der Waals surface area contributed by atoms with Crippen molar-refractivity contribution in [2.24, 2.45) is 0 Å². The van der Waals surface area contributed by atoms with Gasteiger partial charge in [-0.3, -0.25) is 0 Å². The Morgan fingerprint density at radius 2 is 2.25 bits per heavy atom. The van der Waals surface area contributed by atoms with E-state index in [1.807, 2.05) is 25.3 Å². The molecule has 2 heterocycles. The zero-order valence-corrected chi connectivity index (χ0v) is 12.7. The van der Waals surface area contributed by atoms with Crippen LogP contribution in [0.25, 0.3) is 10.8 Å². The summed E-state index contributed by atoms with van der Waals surface area (Å²) in [6.45, 7) is 5.98. The molecule has 5 nitrogen and oxygen atoms in total. The summed E-state index contributed by atoms with van der Waals surface area (Å²) in [5, 5.41) is 1.86. The molecule has 0 spiro atoms. The Bertz CT molecular complexity index is 600. The minimum absolute atomic E-state index is 0.0776. The molecule has 108 valence electrons. The lowest BCUT2D eigenvalue weighted by atomic mass is 10.1. The number of hydrogen-bond acceptors (Lipinski definition) is 6. The summed E-state index contributed by atoms with van der Waals surface area (Å²) in [4.78, 5) is 17.1.